The fourth-order valence-electron chi connectivity index (χ4n) is 2.01. The van der Waals surface area contributed by atoms with E-state index in [9.17, 15) is 4.79 Å². The number of amides is 1. The van der Waals surface area contributed by atoms with Crippen molar-refractivity contribution in [2.45, 2.75) is 39.8 Å². The zero-order valence-corrected chi connectivity index (χ0v) is 12.3. The molecule has 0 unspecified atom stereocenters. The number of thiophene rings is 1. The van der Waals surface area contributed by atoms with Crippen molar-refractivity contribution in [3.05, 3.63) is 39.8 Å². The first-order valence-corrected chi connectivity index (χ1v) is 7.29. The molecule has 0 aromatic carbocycles. The van der Waals surface area contributed by atoms with E-state index in [1.807, 2.05) is 29.9 Å². The number of aromatic nitrogens is 2. The minimum atomic E-state index is 0.00690. The van der Waals surface area contributed by atoms with E-state index in [-0.39, 0.29) is 11.9 Å². The van der Waals surface area contributed by atoms with Crippen LogP contribution in [-0.2, 0) is 13.0 Å². The van der Waals surface area contributed by atoms with Crippen LogP contribution in [-0.4, -0.2) is 21.7 Å². The Bertz CT molecular complexity index is 545. The molecule has 19 heavy (non-hydrogen) atoms. The van der Waals surface area contributed by atoms with Gasteiger partial charge in [-0.15, -0.1) is 11.3 Å². The van der Waals surface area contributed by atoms with Gasteiger partial charge < -0.3 is 5.32 Å². The molecule has 102 valence electrons. The molecule has 0 aliphatic carbocycles. The number of carbonyl (C=O) groups excluding carboxylic acids is 1. The first-order valence-electron chi connectivity index (χ1n) is 6.47. The molecule has 0 bridgehead atoms. The van der Waals surface area contributed by atoms with Crippen molar-refractivity contribution < 1.29 is 4.79 Å². The highest BCUT2D eigenvalue weighted by molar-refractivity contribution is 7.14. The smallest absolute Gasteiger partial charge is 0.261 e. The minimum Gasteiger partial charge on any atom is -0.347 e. The molecule has 0 saturated heterocycles. The van der Waals surface area contributed by atoms with Gasteiger partial charge in [-0.1, -0.05) is 6.92 Å². The highest BCUT2D eigenvalue weighted by atomic mass is 32.1. The van der Waals surface area contributed by atoms with Crippen LogP contribution in [0.4, 0.5) is 0 Å². The highest BCUT2D eigenvalue weighted by Crippen LogP contribution is 2.21. The average Bonchev–Trinajstić information content (AvgIpc) is 2.98. The lowest BCUT2D eigenvalue weighted by atomic mass is 10.2. The van der Waals surface area contributed by atoms with Crippen molar-refractivity contribution in [1.29, 1.82) is 0 Å². The number of aryl methyl sites for hydroxylation is 2. The summed E-state index contributed by atoms with van der Waals surface area (Å²) in [4.78, 5) is 14.2. The predicted octanol–water partition coefficient (Wildman–Crippen LogP) is 2.63. The summed E-state index contributed by atoms with van der Waals surface area (Å²) in [5.41, 5.74) is 1.26. The Labute approximate surface area is 117 Å². The largest absolute Gasteiger partial charge is 0.347 e. The van der Waals surface area contributed by atoms with Crippen LogP contribution in [0.2, 0.25) is 0 Å². The maximum Gasteiger partial charge on any atom is 0.261 e. The SMILES string of the molecule is CCc1cc(C(=O)N[C@H](C)Cn2cccn2)sc1C. The van der Waals surface area contributed by atoms with E-state index in [0.29, 0.717) is 6.54 Å². The summed E-state index contributed by atoms with van der Waals surface area (Å²) in [6.07, 6.45) is 4.61. The van der Waals surface area contributed by atoms with Crippen LogP contribution < -0.4 is 5.32 Å². The third-order valence-electron chi connectivity index (χ3n) is 3.02. The second-order valence-corrected chi connectivity index (χ2v) is 5.90. The molecular weight excluding hydrogens is 258 g/mol. The van der Waals surface area contributed by atoms with Gasteiger partial charge in [-0.05, 0) is 38.0 Å². The Kier molecular flexibility index (Phi) is 4.37. The number of hydrogen-bond acceptors (Lipinski definition) is 3. The molecule has 2 rings (SSSR count). The van der Waals surface area contributed by atoms with Crippen LogP contribution in [0.5, 0.6) is 0 Å². The summed E-state index contributed by atoms with van der Waals surface area (Å²) in [6, 6.07) is 3.93. The van der Waals surface area contributed by atoms with Gasteiger partial charge in [-0.2, -0.15) is 5.10 Å². The molecule has 4 nitrogen and oxygen atoms in total. The Morgan fingerprint density at radius 2 is 2.37 bits per heavy atom. The Hall–Kier alpha value is -1.62. The first kappa shape index (κ1) is 13.8. The van der Waals surface area contributed by atoms with Gasteiger partial charge in [0.15, 0.2) is 0 Å². The van der Waals surface area contributed by atoms with Crippen molar-refractivity contribution in [2.75, 3.05) is 0 Å². The third-order valence-corrected chi connectivity index (χ3v) is 4.11. The van der Waals surface area contributed by atoms with E-state index in [1.165, 1.54) is 10.4 Å². The number of rotatable bonds is 5. The van der Waals surface area contributed by atoms with E-state index in [4.69, 9.17) is 0 Å². The first-order chi connectivity index (χ1) is 9.10. The highest BCUT2D eigenvalue weighted by Gasteiger charge is 2.14. The Morgan fingerprint density at radius 1 is 1.58 bits per heavy atom. The second kappa shape index (κ2) is 6.02. The van der Waals surface area contributed by atoms with E-state index in [0.717, 1.165) is 11.3 Å². The lowest BCUT2D eigenvalue weighted by molar-refractivity contribution is 0.0940. The molecule has 0 spiro atoms. The molecule has 2 aromatic heterocycles. The van der Waals surface area contributed by atoms with Crippen molar-refractivity contribution in [3.8, 4) is 0 Å². The second-order valence-electron chi connectivity index (χ2n) is 4.65. The molecule has 1 N–H and O–H groups in total. The fraction of sp³-hybridized carbons (Fsp3) is 0.429. The molecule has 0 aliphatic rings. The van der Waals surface area contributed by atoms with Gasteiger partial charge in [0, 0.05) is 23.3 Å². The number of carbonyl (C=O) groups is 1. The topological polar surface area (TPSA) is 46.9 Å². The van der Waals surface area contributed by atoms with Gasteiger partial charge in [-0.3, -0.25) is 9.48 Å². The lowest BCUT2D eigenvalue weighted by Crippen LogP contribution is -2.35. The van der Waals surface area contributed by atoms with Crippen LogP contribution in [0, 0.1) is 6.92 Å². The van der Waals surface area contributed by atoms with Gasteiger partial charge in [0.1, 0.15) is 0 Å². The van der Waals surface area contributed by atoms with E-state index in [1.54, 1.807) is 17.5 Å². The fourth-order valence-corrected chi connectivity index (χ4v) is 3.03. The summed E-state index contributed by atoms with van der Waals surface area (Å²) in [7, 11) is 0. The maximum atomic E-state index is 12.1. The van der Waals surface area contributed by atoms with Gasteiger partial charge in [0.25, 0.3) is 5.91 Å². The van der Waals surface area contributed by atoms with E-state index >= 15 is 0 Å². The molecule has 2 aromatic rings. The predicted molar refractivity (Wildman–Crippen MR) is 77.6 cm³/mol. The quantitative estimate of drug-likeness (QED) is 0.913. The van der Waals surface area contributed by atoms with Crippen LogP contribution in [0.3, 0.4) is 0 Å². The molecule has 2 heterocycles. The van der Waals surface area contributed by atoms with Gasteiger partial charge in [0.05, 0.1) is 11.4 Å². The maximum absolute atomic E-state index is 12.1. The van der Waals surface area contributed by atoms with Crippen LogP contribution in [0.1, 0.15) is 34.0 Å². The van der Waals surface area contributed by atoms with Gasteiger partial charge in [-0.25, -0.2) is 0 Å². The van der Waals surface area contributed by atoms with Gasteiger partial charge in [0.2, 0.25) is 0 Å². The van der Waals surface area contributed by atoms with E-state index in [2.05, 4.69) is 24.3 Å². The van der Waals surface area contributed by atoms with Crippen molar-refractivity contribution >= 4 is 17.2 Å². The molecular formula is C14H19N3OS. The molecule has 0 aliphatic heterocycles. The van der Waals surface area contributed by atoms with Crippen molar-refractivity contribution in [1.82, 2.24) is 15.1 Å². The molecule has 0 saturated carbocycles. The summed E-state index contributed by atoms with van der Waals surface area (Å²) in [6.45, 7) is 6.84. The third kappa shape index (κ3) is 3.44. The average molecular weight is 277 g/mol. The van der Waals surface area contributed by atoms with Crippen LogP contribution in [0.25, 0.3) is 0 Å². The summed E-state index contributed by atoms with van der Waals surface area (Å²) < 4.78 is 1.82. The molecule has 1 amide bonds. The summed E-state index contributed by atoms with van der Waals surface area (Å²) >= 11 is 1.56. The molecule has 0 radical (unpaired) electrons. The van der Waals surface area contributed by atoms with Crippen molar-refractivity contribution in [2.24, 2.45) is 0 Å². The zero-order valence-electron chi connectivity index (χ0n) is 11.5. The molecule has 5 heteroatoms. The molecule has 1 atom stereocenters. The monoisotopic (exact) mass is 277 g/mol. The number of hydrogen-bond donors (Lipinski definition) is 1. The standard InChI is InChI=1S/C14H19N3OS/c1-4-12-8-13(19-11(12)3)14(18)16-10(2)9-17-7-5-6-15-17/h5-8,10H,4,9H2,1-3H3,(H,16,18)/t10-/m1/s1. The zero-order chi connectivity index (χ0) is 13.8. The minimum absolute atomic E-state index is 0.00690. The number of nitrogens with zero attached hydrogens (tertiary/aromatic N) is 2. The Balaban J connectivity index is 1.96. The number of nitrogens with one attached hydrogen (secondary N) is 1. The van der Waals surface area contributed by atoms with Gasteiger partial charge >= 0.3 is 0 Å². The van der Waals surface area contributed by atoms with Crippen LogP contribution in [0.15, 0.2) is 24.5 Å². The Morgan fingerprint density at radius 3 is 2.95 bits per heavy atom. The lowest BCUT2D eigenvalue weighted by Gasteiger charge is -2.13. The van der Waals surface area contributed by atoms with Crippen molar-refractivity contribution in [3.63, 3.8) is 0 Å². The normalized spacial score (nSPS) is 12.4. The summed E-state index contributed by atoms with van der Waals surface area (Å²) in [5, 5.41) is 7.15. The van der Waals surface area contributed by atoms with Crippen LogP contribution >= 0.6 is 11.3 Å². The molecule has 0 fully saturated rings. The van der Waals surface area contributed by atoms with E-state index < -0.39 is 0 Å². The summed E-state index contributed by atoms with van der Waals surface area (Å²) in [5.74, 6) is 0.00690.